The van der Waals surface area contributed by atoms with Crippen LogP contribution in [0.15, 0.2) is 9.98 Å². The number of amides is 2. The average molecular weight is 532 g/mol. The fourth-order valence-corrected chi connectivity index (χ4v) is 7.16. The van der Waals surface area contributed by atoms with Gasteiger partial charge in [0.2, 0.25) is 0 Å². The lowest BCUT2D eigenvalue weighted by atomic mass is 9.85. The summed E-state index contributed by atoms with van der Waals surface area (Å²) >= 11 is 5.66. The Labute approximate surface area is 226 Å². The minimum Gasteiger partial charge on any atom is -0.372 e. The molecule has 37 heavy (non-hydrogen) atoms. The number of hydrogen-bond acceptors (Lipinski definition) is 7. The van der Waals surface area contributed by atoms with Gasteiger partial charge in [0.05, 0.1) is 24.8 Å². The maximum atomic E-state index is 12.8. The minimum atomic E-state index is -0.0727. The van der Waals surface area contributed by atoms with Gasteiger partial charge in [-0.05, 0) is 82.8 Å². The zero-order chi connectivity index (χ0) is 25.6. The van der Waals surface area contributed by atoms with Gasteiger partial charge in [-0.1, -0.05) is 0 Å². The maximum absolute atomic E-state index is 12.8. The molecule has 3 fully saturated rings. The number of nitrogens with zero attached hydrogens (tertiary/aromatic N) is 2. The third-order valence-corrected chi connectivity index (χ3v) is 8.95. The monoisotopic (exact) mass is 531 g/mol. The number of nitrogens with two attached hydrogens (primary N) is 1. The summed E-state index contributed by atoms with van der Waals surface area (Å²) in [7, 11) is 0. The van der Waals surface area contributed by atoms with Crippen LogP contribution in [0.1, 0.15) is 70.6 Å². The first kappa shape index (κ1) is 26.5. The number of rotatable bonds is 6. The van der Waals surface area contributed by atoms with Crippen molar-refractivity contribution in [3.8, 4) is 0 Å². The molecule has 0 aromatic heterocycles. The van der Waals surface area contributed by atoms with Crippen molar-refractivity contribution < 1.29 is 4.79 Å². The van der Waals surface area contributed by atoms with Crippen LogP contribution in [0.4, 0.5) is 4.79 Å². The molecule has 3 aliphatic carbocycles. The molecular weight excluding hydrogens is 486 g/mol. The lowest BCUT2D eigenvalue weighted by Gasteiger charge is -2.36. The second-order valence-electron chi connectivity index (χ2n) is 11.6. The molecule has 5 aliphatic rings. The van der Waals surface area contributed by atoms with Gasteiger partial charge in [0.25, 0.3) is 0 Å². The van der Waals surface area contributed by atoms with E-state index in [1.165, 1.54) is 11.7 Å². The molecule has 2 heterocycles. The molecule has 5 rings (SSSR count). The SMILES string of the molecule is NC1CC(NC(=O)NC2CCC(C3=NCCN3)CC2)CC(NC(=S)NC2CCC(C3=NCCN3)CC2)C1. The molecule has 3 atom stereocenters. The molecule has 8 N–H and O–H groups in total. The van der Waals surface area contributed by atoms with Crippen LogP contribution in [0.2, 0.25) is 0 Å². The van der Waals surface area contributed by atoms with Gasteiger partial charge >= 0.3 is 6.03 Å². The van der Waals surface area contributed by atoms with E-state index in [2.05, 4.69) is 41.9 Å². The Balaban J connectivity index is 1.00. The van der Waals surface area contributed by atoms with Crippen molar-refractivity contribution in [3.05, 3.63) is 0 Å². The molecule has 3 saturated carbocycles. The highest BCUT2D eigenvalue weighted by Crippen LogP contribution is 2.27. The number of carbonyl (C=O) groups is 1. The number of nitrogens with one attached hydrogen (secondary N) is 6. The highest BCUT2D eigenvalue weighted by molar-refractivity contribution is 7.80. The van der Waals surface area contributed by atoms with Crippen LogP contribution in [-0.2, 0) is 0 Å². The summed E-state index contributed by atoms with van der Waals surface area (Å²) in [6, 6.07) is 0.820. The summed E-state index contributed by atoms with van der Waals surface area (Å²) in [5.41, 5.74) is 6.38. The largest absolute Gasteiger partial charge is 0.372 e. The lowest BCUT2D eigenvalue weighted by molar-refractivity contribution is 0.218. The number of carbonyl (C=O) groups excluding carboxylic acids is 1. The molecule has 11 heteroatoms. The number of urea groups is 1. The summed E-state index contributed by atoms with van der Waals surface area (Å²) in [5, 5.41) is 21.0. The van der Waals surface area contributed by atoms with Crippen molar-refractivity contribution >= 4 is 35.0 Å². The zero-order valence-corrected chi connectivity index (χ0v) is 22.8. The van der Waals surface area contributed by atoms with Crippen molar-refractivity contribution in [1.82, 2.24) is 31.9 Å². The zero-order valence-electron chi connectivity index (χ0n) is 21.9. The summed E-state index contributed by atoms with van der Waals surface area (Å²) in [6.07, 6.45) is 11.2. The van der Waals surface area contributed by atoms with E-state index in [-0.39, 0.29) is 30.2 Å². The Kier molecular flexibility index (Phi) is 9.02. The van der Waals surface area contributed by atoms with Crippen molar-refractivity contribution in [2.24, 2.45) is 27.6 Å². The predicted molar refractivity (Wildman–Crippen MR) is 152 cm³/mol. The van der Waals surface area contributed by atoms with Crippen molar-refractivity contribution in [1.29, 1.82) is 0 Å². The Morgan fingerprint density at radius 1 is 0.703 bits per heavy atom. The predicted octanol–water partition coefficient (Wildman–Crippen LogP) is 1.12. The van der Waals surface area contributed by atoms with E-state index < -0.39 is 0 Å². The Bertz CT molecular complexity index is 796. The van der Waals surface area contributed by atoms with Crippen LogP contribution < -0.4 is 37.6 Å². The van der Waals surface area contributed by atoms with Gasteiger partial charge in [-0.15, -0.1) is 0 Å². The van der Waals surface area contributed by atoms with Gasteiger partial charge in [0.15, 0.2) is 5.11 Å². The number of thiocarbonyl (C=S) groups is 1. The Morgan fingerprint density at radius 2 is 1.16 bits per heavy atom. The summed E-state index contributed by atoms with van der Waals surface area (Å²) in [5.74, 6) is 3.49. The topological polar surface area (TPSA) is 140 Å². The summed E-state index contributed by atoms with van der Waals surface area (Å²) < 4.78 is 0. The summed E-state index contributed by atoms with van der Waals surface area (Å²) in [6.45, 7) is 3.76. The summed E-state index contributed by atoms with van der Waals surface area (Å²) in [4.78, 5) is 21.9. The third kappa shape index (κ3) is 7.46. The lowest BCUT2D eigenvalue weighted by Crippen LogP contribution is -2.56. The van der Waals surface area contributed by atoms with Crippen molar-refractivity contribution in [2.75, 3.05) is 26.2 Å². The smallest absolute Gasteiger partial charge is 0.315 e. The Morgan fingerprint density at radius 3 is 1.68 bits per heavy atom. The molecule has 0 saturated heterocycles. The van der Waals surface area contributed by atoms with Crippen molar-refractivity contribution in [2.45, 2.75) is 101 Å². The van der Waals surface area contributed by atoms with E-state index in [0.717, 1.165) is 96.8 Å². The highest BCUT2D eigenvalue weighted by Gasteiger charge is 2.31. The minimum absolute atomic E-state index is 0.0459. The van der Waals surface area contributed by atoms with Crippen LogP contribution in [0.5, 0.6) is 0 Å². The average Bonchev–Trinajstić information content (AvgIpc) is 3.59. The first-order valence-corrected chi connectivity index (χ1v) is 14.9. The van der Waals surface area contributed by atoms with E-state index in [0.29, 0.717) is 23.0 Å². The van der Waals surface area contributed by atoms with Gasteiger partial charge in [0.1, 0.15) is 0 Å². The fourth-order valence-electron chi connectivity index (χ4n) is 6.83. The Hall–Kier alpha value is -2.14. The van der Waals surface area contributed by atoms with Crippen LogP contribution >= 0.6 is 12.2 Å². The van der Waals surface area contributed by atoms with E-state index in [1.807, 2.05) is 0 Å². The molecule has 10 nitrogen and oxygen atoms in total. The van der Waals surface area contributed by atoms with Crippen LogP contribution in [0.3, 0.4) is 0 Å². The van der Waals surface area contributed by atoms with Gasteiger partial charge in [0, 0.05) is 55.1 Å². The number of aliphatic imine (C=N–C) groups is 2. The number of hydrogen-bond donors (Lipinski definition) is 7. The normalized spacial score (nSPS) is 35.9. The number of amidine groups is 2. The molecule has 0 radical (unpaired) electrons. The molecule has 0 bridgehead atoms. The molecule has 0 spiro atoms. The maximum Gasteiger partial charge on any atom is 0.315 e. The molecule has 0 aromatic carbocycles. The molecule has 2 aliphatic heterocycles. The van der Waals surface area contributed by atoms with E-state index in [9.17, 15) is 4.79 Å². The third-order valence-electron chi connectivity index (χ3n) is 8.71. The van der Waals surface area contributed by atoms with Gasteiger partial charge < -0.3 is 37.6 Å². The first-order valence-electron chi connectivity index (χ1n) is 14.5. The van der Waals surface area contributed by atoms with Crippen LogP contribution in [0.25, 0.3) is 0 Å². The highest BCUT2D eigenvalue weighted by atomic mass is 32.1. The second-order valence-corrected chi connectivity index (χ2v) is 12.0. The van der Waals surface area contributed by atoms with Gasteiger partial charge in [-0.2, -0.15) is 0 Å². The molecule has 2 amide bonds. The molecule has 206 valence electrons. The van der Waals surface area contributed by atoms with Crippen LogP contribution in [0, 0.1) is 11.8 Å². The second kappa shape index (κ2) is 12.6. The molecule has 3 unspecified atom stereocenters. The van der Waals surface area contributed by atoms with E-state index >= 15 is 0 Å². The standard InChI is InChI=1S/C26H45N9OS/c27-18-13-21(33-25(36)32-19-5-1-16(2-6-19)23-28-9-10-29-23)15-22(14-18)35-26(37)34-20-7-3-17(4-8-20)24-30-11-12-31-24/h16-22H,1-15,27H2,(H,28,29)(H,30,31)(H2,32,33,36)(H2,34,35,37). The van der Waals surface area contributed by atoms with Crippen LogP contribution in [-0.4, -0.2) is 79.2 Å². The van der Waals surface area contributed by atoms with Crippen molar-refractivity contribution in [3.63, 3.8) is 0 Å². The quantitative estimate of drug-likeness (QED) is 0.255. The van der Waals surface area contributed by atoms with Gasteiger partial charge in [-0.3, -0.25) is 9.98 Å². The van der Waals surface area contributed by atoms with E-state index in [4.69, 9.17) is 18.0 Å². The fraction of sp³-hybridized carbons (Fsp3) is 0.846. The molecular formula is C26H45N9OS. The van der Waals surface area contributed by atoms with Gasteiger partial charge in [-0.25, -0.2) is 4.79 Å². The first-order chi connectivity index (χ1) is 18.0. The molecule has 0 aromatic rings. The van der Waals surface area contributed by atoms with E-state index in [1.54, 1.807) is 0 Å².